The first-order valence-electron chi connectivity index (χ1n) is 11.2. The van der Waals surface area contributed by atoms with Gasteiger partial charge in [0.05, 0.1) is 11.3 Å². The molecule has 5 nitrogen and oxygen atoms in total. The van der Waals surface area contributed by atoms with E-state index in [0.29, 0.717) is 0 Å². The number of para-hydroxylation sites is 1. The summed E-state index contributed by atoms with van der Waals surface area (Å²) in [5.41, 5.74) is 3.43. The third kappa shape index (κ3) is 4.34. The van der Waals surface area contributed by atoms with E-state index in [2.05, 4.69) is 10.1 Å². The molecule has 192 valence electrons. The number of carbonyl (C=O) groups excluding carboxylic acids is 2. The molecule has 5 rings (SSSR count). The molecule has 10 heteroatoms. The number of amides is 1. The van der Waals surface area contributed by atoms with Crippen molar-refractivity contribution < 1.29 is 41.0 Å². The Morgan fingerprint density at radius 1 is 0.684 bits per heavy atom. The molecule has 4 aromatic rings. The molecule has 0 saturated heterocycles. The van der Waals surface area contributed by atoms with E-state index in [9.17, 15) is 31.5 Å². The standard InChI is InChI=1S/C28H16F5NO4/c29-21-22(30)24(32)26(25(33)23(21)31)38-27(35)18-11-5-6-12-20(18)34-28(36)37-13-19-16-9-3-1-7-14(16)15-8-2-4-10-17(15)19/h1-12,19H,13H2,(H,34,36). The summed E-state index contributed by atoms with van der Waals surface area (Å²) in [5, 5.41) is 2.35. The lowest BCUT2D eigenvalue weighted by molar-refractivity contribution is 0.0717. The summed E-state index contributed by atoms with van der Waals surface area (Å²) >= 11 is 0. The predicted molar refractivity (Wildman–Crippen MR) is 126 cm³/mol. The van der Waals surface area contributed by atoms with Gasteiger partial charge in [-0.1, -0.05) is 60.7 Å². The predicted octanol–water partition coefficient (Wildman–Crippen LogP) is 6.96. The Labute approximate surface area is 212 Å². The maximum Gasteiger partial charge on any atom is 0.411 e. The van der Waals surface area contributed by atoms with Crippen LogP contribution in [0.4, 0.5) is 32.4 Å². The largest absolute Gasteiger partial charge is 0.448 e. The van der Waals surface area contributed by atoms with E-state index >= 15 is 0 Å². The molecule has 0 radical (unpaired) electrons. The zero-order chi connectivity index (χ0) is 27.0. The summed E-state index contributed by atoms with van der Waals surface area (Å²) in [7, 11) is 0. The fourth-order valence-electron chi connectivity index (χ4n) is 4.34. The van der Waals surface area contributed by atoms with Crippen LogP contribution in [0.2, 0.25) is 0 Å². The van der Waals surface area contributed by atoms with Gasteiger partial charge in [-0.3, -0.25) is 5.32 Å². The fourth-order valence-corrected chi connectivity index (χ4v) is 4.34. The van der Waals surface area contributed by atoms with E-state index in [1.807, 2.05) is 48.5 Å². The number of rotatable bonds is 5. The van der Waals surface area contributed by atoms with Gasteiger partial charge >= 0.3 is 12.1 Å². The molecule has 4 aromatic carbocycles. The van der Waals surface area contributed by atoms with E-state index in [1.54, 1.807) is 0 Å². The van der Waals surface area contributed by atoms with Crippen LogP contribution in [-0.4, -0.2) is 18.7 Å². The number of ether oxygens (including phenoxy) is 2. The van der Waals surface area contributed by atoms with Crippen molar-refractivity contribution in [3.8, 4) is 16.9 Å². The first-order chi connectivity index (χ1) is 18.3. The molecule has 0 unspecified atom stereocenters. The third-order valence-corrected chi connectivity index (χ3v) is 6.09. The number of nitrogens with one attached hydrogen (secondary N) is 1. The Balaban J connectivity index is 1.32. The van der Waals surface area contributed by atoms with Crippen molar-refractivity contribution in [2.24, 2.45) is 0 Å². The van der Waals surface area contributed by atoms with E-state index in [0.717, 1.165) is 28.3 Å². The van der Waals surface area contributed by atoms with Gasteiger partial charge in [-0.15, -0.1) is 0 Å². The number of hydrogen-bond donors (Lipinski definition) is 1. The highest BCUT2D eigenvalue weighted by Crippen LogP contribution is 2.44. The molecule has 0 bridgehead atoms. The number of benzene rings is 4. The number of fused-ring (bicyclic) bond motifs is 3. The van der Waals surface area contributed by atoms with Gasteiger partial charge in [0.15, 0.2) is 0 Å². The quantitative estimate of drug-likeness (QED) is 0.101. The van der Waals surface area contributed by atoms with E-state index in [-0.39, 0.29) is 18.2 Å². The first kappa shape index (κ1) is 24.9. The van der Waals surface area contributed by atoms with Crippen LogP contribution in [0, 0.1) is 29.1 Å². The van der Waals surface area contributed by atoms with Gasteiger partial charge in [0, 0.05) is 5.92 Å². The Morgan fingerprint density at radius 2 is 1.18 bits per heavy atom. The summed E-state index contributed by atoms with van der Waals surface area (Å²) in [5.74, 6) is -15.0. The SMILES string of the molecule is O=C(Nc1ccccc1C(=O)Oc1c(F)c(F)c(F)c(F)c1F)OCC1c2ccccc2-c2ccccc21. The molecular weight excluding hydrogens is 509 g/mol. The molecule has 1 amide bonds. The molecule has 38 heavy (non-hydrogen) atoms. The van der Waals surface area contributed by atoms with Crippen LogP contribution in [0.1, 0.15) is 27.4 Å². The minimum Gasteiger partial charge on any atom is -0.448 e. The smallest absolute Gasteiger partial charge is 0.411 e. The molecule has 0 spiro atoms. The Hall–Kier alpha value is -4.73. The molecule has 1 aliphatic rings. The summed E-state index contributed by atoms with van der Waals surface area (Å²) in [4.78, 5) is 25.2. The zero-order valence-corrected chi connectivity index (χ0v) is 19.2. The molecule has 1 N–H and O–H groups in total. The topological polar surface area (TPSA) is 64.6 Å². The molecule has 0 fully saturated rings. The number of halogens is 5. The van der Waals surface area contributed by atoms with Crippen LogP contribution in [-0.2, 0) is 4.74 Å². The Bertz CT molecular complexity index is 1520. The molecule has 0 saturated carbocycles. The normalized spacial score (nSPS) is 12.0. The van der Waals surface area contributed by atoms with Crippen LogP contribution in [0.3, 0.4) is 0 Å². The highest BCUT2D eigenvalue weighted by molar-refractivity contribution is 6.00. The number of anilines is 1. The van der Waals surface area contributed by atoms with Gasteiger partial charge in [0.1, 0.15) is 6.61 Å². The summed E-state index contributed by atoms with van der Waals surface area (Å²) in [6.45, 7) is -0.0307. The zero-order valence-electron chi connectivity index (χ0n) is 19.2. The first-order valence-corrected chi connectivity index (χ1v) is 11.2. The second-order valence-corrected chi connectivity index (χ2v) is 8.28. The minimum atomic E-state index is -2.39. The molecule has 0 aliphatic heterocycles. The summed E-state index contributed by atoms with van der Waals surface area (Å²) in [6.07, 6.45) is -0.941. The summed E-state index contributed by atoms with van der Waals surface area (Å²) in [6, 6.07) is 20.6. The van der Waals surface area contributed by atoms with E-state index in [4.69, 9.17) is 4.74 Å². The Morgan fingerprint density at radius 3 is 1.79 bits per heavy atom. The van der Waals surface area contributed by atoms with Crippen molar-refractivity contribution in [2.45, 2.75) is 5.92 Å². The van der Waals surface area contributed by atoms with E-state index in [1.165, 1.54) is 18.2 Å². The van der Waals surface area contributed by atoms with Crippen molar-refractivity contribution in [3.05, 3.63) is 119 Å². The van der Waals surface area contributed by atoms with Crippen molar-refractivity contribution in [1.29, 1.82) is 0 Å². The highest BCUT2D eigenvalue weighted by atomic mass is 19.2. The second kappa shape index (κ2) is 9.97. The number of carbonyl (C=O) groups is 2. The molecule has 1 aliphatic carbocycles. The Kier molecular flexibility index (Phi) is 6.54. The number of esters is 1. The highest BCUT2D eigenvalue weighted by Gasteiger charge is 2.31. The lowest BCUT2D eigenvalue weighted by Crippen LogP contribution is -2.21. The van der Waals surface area contributed by atoms with Gasteiger partial charge in [-0.05, 0) is 34.4 Å². The van der Waals surface area contributed by atoms with Gasteiger partial charge in [-0.25, -0.2) is 22.8 Å². The average molecular weight is 525 g/mol. The fraction of sp³-hybridized carbons (Fsp3) is 0.0714. The lowest BCUT2D eigenvalue weighted by atomic mass is 9.98. The molecule has 0 heterocycles. The van der Waals surface area contributed by atoms with Crippen molar-refractivity contribution in [1.82, 2.24) is 0 Å². The number of hydrogen-bond acceptors (Lipinski definition) is 4. The van der Waals surface area contributed by atoms with Crippen LogP contribution < -0.4 is 10.1 Å². The van der Waals surface area contributed by atoms with Crippen molar-refractivity contribution in [2.75, 3.05) is 11.9 Å². The molecule has 0 atom stereocenters. The molecular formula is C28H16F5NO4. The third-order valence-electron chi connectivity index (χ3n) is 6.09. The second-order valence-electron chi connectivity index (χ2n) is 8.28. The minimum absolute atomic E-state index is 0.0307. The van der Waals surface area contributed by atoms with Crippen LogP contribution in [0.5, 0.6) is 5.75 Å². The monoisotopic (exact) mass is 525 g/mol. The van der Waals surface area contributed by atoms with Gasteiger partial charge in [0.25, 0.3) is 0 Å². The molecule has 0 aromatic heterocycles. The lowest BCUT2D eigenvalue weighted by Gasteiger charge is -2.15. The van der Waals surface area contributed by atoms with Gasteiger partial charge < -0.3 is 9.47 Å². The van der Waals surface area contributed by atoms with Crippen molar-refractivity contribution in [3.63, 3.8) is 0 Å². The van der Waals surface area contributed by atoms with Gasteiger partial charge in [-0.2, -0.15) is 8.78 Å². The van der Waals surface area contributed by atoms with Crippen LogP contribution in [0.15, 0.2) is 72.8 Å². The van der Waals surface area contributed by atoms with Crippen LogP contribution in [0.25, 0.3) is 11.1 Å². The van der Waals surface area contributed by atoms with Crippen LogP contribution >= 0.6 is 0 Å². The summed E-state index contributed by atoms with van der Waals surface area (Å²) < 4.78 is 78.1. The maximum absolute atomic E-state index is 14.0. The maximum atomic E-state index is 14.0. The van der Waals surface area contributed by atoms with E-state index < -0.39 is 52.5 Å². The average Bonchev–Trinajstić information content (AvgIpc) is 3.26. The van der Waals surface area contributed by atoms with Gasteiger partial charge in [0.2, 0.25) is 34.8 Å². The van der Waals surface area contributed by atoms with Crippen molar-refractivity contribution >= 4 is 17.7 Å².